The third-order valence-corrected chi connectivity index (χ3v) is 3.67. The zero-order chi connectivity index (χ0) is 11.7. The van der Waals surface area contributed by atoms with E-state index in [4.69, 9.17) is 10.5 Å². The molecule has 2 heterocycles. The largest absolute Gasteiger partial charge is 0.493 e. The van der Waals surface area contributed by atoms with Gasteiger partial charge in [-0.2, -0.15) is 0 Å². The van der Waals surface area contributed by atoms with Crippen LogP contribution in [0, 0.1) is 0 Å². The van der Waals surface area contributed by atoms with Gasteiger partial charge in [-0.15, -0.1) is 11.3 Å². The second kappa shape index (κ2) is 4.47. The van der Waals surface area contributed by atoms with Crippen LogP contribution in [0.3, 0.4) is 0 Å². The van der Waals surface area contributed by atoms with Gasteiger partial charge in [0.25, 0.3) is 0 Å². The van der Waals surface area contributed by atoms with Crippen molar-refractivity contribution in [3.8, 4) is 5.75 Å². The van der Waals surface area contributed by atoms with Gasteiger partial charge in [0.1, 0.15) is 5.75 Å². The van der Waals surface area contributed by atoms with E-state index in [1.807, 2.05) is 23.0 Å². The maximum absolute atomic E-state index is 6.20. The lowest BCUT2D eigenvalue weighted by atomic mass is 9.98. The fourth-order valence-electron chi connectivity index (χ4n) is 2.12. The average molecular weight is 246 g/mol. The molecule has 2 aromatic rings. The van der Waals surface area contributed by atoms with Crippen LogP contribution in [0.2, 0.25) is 0 Å². The number of thiazole rings is 1. The number of aromatic nitrogens is 1. The second-order valence-electron chi connectivity index (χ2n) is 4.21. The molecule has 1 aromatic heterocycles. The predicted octanol–water partition coefficient (Wildman–Crippen LogP) is 2.52. The maximum Gasteiger partial charge on any atom is 0.122 e. The van der Waals surface area contributed by atoms with Crippen LogP contribution in [-0.2, 0) is 6.42 Å². The molecular formula is C13H14N2OS. The van der Waals surface area contributed by atoms with Gasteiger partial charge in [0.2, 0.25) is 0 Å². The number of aryl methyl sites for hydroxylation is 1. The number of fused-ring (bicyclic) bond motifs is 1. The van der Waals surface area contributed by atoms with Crippen LogP contribution < -0.4 is 10.5 Å². The first-order valence-electron chi connectivity index (χ1n) is 5.74. The van der Waals surface area contributed by atoms with E-state index in [9.17, 15) is 0 Å². The molecule has 0 saturated carbocycles. The fourth-order valence-corrected chi connectivity index (χ4v) is 2.71. The van der Waals surface area contributed by atoms with Crippen molar-refractivity contribution < 1.29 is 4.74 Å². The first-order chi connectivity index (χ1) is 8.34. The summed E-state index contributed by atoms with van der Waals surface area (Å²) in [6, 6.07) is 6.08. The minimum Gasteiger partial charge on any atom is -0.493 e. The molecule has 17 heavy (non-hydrogen) atoms. The van der Waals surface area contributed by atoms with Crippen molar-refractivity contribution in [3.63, 3.8) is 0 Å². The van der Waals surface area contributed by atoms with E-state index in [1.165, 1.54) is 5.56 Å². The van der Waals surface area contributed by atoms with Crippen molar-refractivity contribution >= 4 is 11.3 Å². The molecule has 1 unspecified atom stereocenters. The summed E-state index contributed by atoms with van der Waals surface area (Å²) < 4.78 is 5.59. The van der Waals surface area contributed by atoms with Crippen molar-refractivity contribution in [1.82, 2.24) is 4.98 Å². The molecule has 0 aliphatic carbocycles. The Hall–Kier alpha value is -1.39. The first kappa shape index (κ1) is 10.7. The Bertz CT molecular complexity index is 510. The highest BCUT2D eigenvalue weighted by atomic mass is 32.1. The molecule has 0 bridgehead atoms. The lowest BCUT2D eigenvalue weighted by Crippen LogP contribution is -2.14. The van der Waals surface area contributed by atoms with Gasteiger partial charge in [-0.25, -0.2) is 4.98 Å². The van der Waals surface area contributed by atoms with Gasteiger partial charge in [-0.05, 0) is 30.0 Å². The van der Waals surface area contributed by atoms with E-state index in [-0.39, 0.29) is 6.04 Å². The molecule has 3 nitrogen and oxygen atoms in total. The highest BCUT2D eigenvalue weighted by molar-refractivity contribution is 7.07. The molecule has 0 radical (unpaired) electrons. The van der Waals surface area contributed by atoms with Crippen LogP contribution in [0.25, 0.3) is 0 Å². The van der Waals surface area contributed by atoms with Gasteiger partial charge in [-0.1, -0.05) is 12.1 Å². The van der Waals surface area contributed by atoms with Crippen molar-refractivity contribution in [2.45, 2.75) is 18.9 Å². The minimum atomic E-state index is -0.131. The summed E-state index contributed by atoms with van der Waals surface area (Å²) in [5.41, 5.74) is 11.3. The van der Waals surface area contributed by atoms with Crippen molar-refractivity contribution in [2.24, 2.45) is 5.73 Å². The molecule has 88 valence electrons. The van der Waals surface area contributed by atoms with Crippen LogP contribution in [0.4, 0.5) is 0 Å². The highest BCUT2D eigenvalue weighted by Crippen LogP contribution is 2.29. The summed E-state index contributed by atoms with van der Waals surface area (Å²) in [6.45, 7) is 0.824. The molecule has 1 aromatic carbocycles. The number of ether oxygens (including phenoxy) is 1. The predicted molar refractivity (Wildman–Crippen MR) is 68.4 cm³/mol. The second-order valence-corrected chi connectivity index (χ2v) is 4.93. The summed E-state index contributed by atoms with van der Waals surface area (Å²) >= 11 is 1.58. The Morgan fingerprint density at radius 3 is 3.18 bits per heavy atom. The van der Waals surface area contributed by atoms with Crippen LogP contribution in [-0.4, -0.2) is 11.6 Å². The van der Waals surface area contributed by atoms with Gasteiger partial charge in [0, 0.05) is 5.38 Å². The molecule has 0 saturated heterocycles. The summed E-state index contributed by atoms with van der Waals surface area (Å²) in [4.78, 5) is 4.27. The van der Waals surface area contributed by atoms with Crippen LogP contribution in [0.5, 0.6) is 5.75 Å². The Labute approximate surface area is 104 Å². The van der Waals surface area contributed by atoms with Gasteiger partial charge in [-0.3, -0.25) is 0 Å². The summed E-state index contributed by atoms with van der Waals surface area (Å²) in [7, 11) is 0. The van der Waals surface area contributed by atoms with E-state index in [2.05, 4.69) is 11.1 Å². The topological polar surface area (TPSA) is 48.1 Å². The molecule has 1 atom stereocenters. The maximum atomic E-state index is 6.20. The Kier molecular flexibility index (Phi) is 2.82. The van der Waals surface area contributed by atoms with Crippen LogP contribution in [0.15, 0.2) is 29.1 Å². The third-order valence-electron chi connectivity index (χ3n) is 3.06. The summed E-state index contributed by atoms with van der Waals surface area (Å²) in [5, 5.41) is 2.00. The Balaban J connectivity index is 1.93. The molecule has 1 aliphatic rings. The lowest BCUT2D eigenvalue weighted by molar-refractivity contribution is 0.288. The highest BCUT2D eigenvalue weighted by Gasteiger charge is 2.15. The number of nitrogens with zero attached hydrogens (tertiary/aromatic N) is 1. The van der Waals surface area contributed by atoms with Crippen molar-refractivity contribution in [1.29, 1.82) is 0 Å². The number of hydrogen-bond donors (Lipinski definition) is 1. The van der Waals surface area contributed by atoms with E-state index in [1.54, 1.807) is 11.3 Å². The SMILES string of the molecule is NC(c1ccc2c(c1)CCCO2)c1cscn1. The zero-order valence-corrected chi connectivity index (χ0v) is 10.2. The van der Waals surface area contributed by atoms with Crippen LogP contribution >= 0.6 is 11.3 Å². The summed E-state index contributed by atoms with van der Waals surface area (Å²) in [6.07, 6.45) is 2.16. The first-order valence-corrected chi connectivity index (χ1v) is 6.68. The molecule has 0 fully saturated rings. The number of benzene rings is 1. The van der Waals surface area contributed by atoms with Crippen molar-refractivity contribution in [2.75, 3.05) is 6.61 Å². The van der Waals surface area contributed by atoms with Gasteiger partial charge in [0.15, 0.2) is 0 Å². The molecule has 0 spiro atoms. The molecular weight excluding hydrogens is 232 g/mol. The van der Waals surface area contributed by atoms with Crippen molar-refractivity contribution in [3.05, 3.63) is 45.9 Å². The number of nitrogens with two attached hydrogens (primary N) is 1. The Morgan fingerprint density at radius 1 is 1.41 bits per heavy atom. The number of rotatable bonds is 2. The van der Waals surface area contributed by atoms with Crippen LogP contribution in [0.1, 0.15) is 29.3 Å². The van der Waals surface area contributed by atoms with Gasteiger partial charge >= 0.3 is 0 Å². The van der Waals surface area contributed by atoms with E-state index in [0.29, 0.717) is 0 Å². The third kappa shape index (κ3) is 2.06. The monoisotopic (exact) mass is 246 g/mol. The molecule has 4 heteroatoms. The molecule has 3 rings (SSSR count). The average Bonchev–Trinajstić information content (AvgIpc) is 2.91. The summed E-state index contributed by atoms with van der Waals surface area (Å²) in [5.74, 6) is 1.01. The number of hydrogen-bond acceptors (Lipinski definition) is 4. The van der Waals surface area contributed by atoms with E-state index >= 15 is 0 Å². The lowest BCUT2D eigenvalue weighted by Gasteiger charge is -2.19. The minimum absolute atomic E-state index is 0.131. The van der Waals surface area contributed by atoms with Gasteiger partial charge < -0.3 is 10.5 Å². The smallest absolute Gasteiger partial charge is 0.122 e. The zero-order valence-electron chi connectivity index (χ0n) is 9.43. The standard InChI is InChI=1S/C13H14N2OS/c14-13(11-7-17-8-15-11)10-3-4-12-9(6-10)2-1-5-16-12/h3-4,6-8,13H,1-2,5,14H2. The van der Waals surface area contributed by atoms with E-state index in [0.717, 1.165) is 36.5 Å². The molecule has 2 N–H and O–H groups in total. The van der Waals surface area contributed by atoms with Gasteiger partial charge in [0.05, 0.1) is 23.9 Å². The van der Waals surface area contributed by atoms with E-state index < -0.39 is 0 Å². The molecule has 0 amide bonds. The Morgan fingerprint density at radius 2 is 2.35 bits per heavy atom. The fraction of sp³-hybridized carbons (Fsp3) is 0.308. The normalized spacial score (nSPS) is 16.1. The molecule has 1 aliphatic heterocycles. The quantitative estimate of drug-likeness (QED) is 0.885.